The molecule has 1 aliphatic carbocycles. The van der Waals surface area contributed by atoms with E-state index in [1.54, 1.807) is 19.1 Å². The lowest BCUT2D eigenvalue weighted by atomic mass is 10.1. The molecular formula is C13H15FO3. The number of ether oxygens (including phenoxy) is 2. The molecule has 1 aromatic rings. The Kier molecular flexibility index (Phi) is 3.31. The molecule has 0 saturated heterocycles. The van der Waals surface area contributed by atoms with E-state index in [9.17, 15) is 9.18 Å². The van der Waals surface area contributed by atoms with Gasteiger partial charge in [0.15, 0.2) is 11.6 Å². The summed E-state index contributed by atoms with van der Waals surface area (Å²) < 4.78 is 23.3. The van der Waals surface area contributed by atoms with Crippen molar-refractivity contribution in [2.24, 2.45) is 5.92 Å². The van der Waals surface area contributed by atoms with Gasteiger partial charge in [0.25, 0.3) is 0 Å². The van der Waals surface area contributed by atoms with Crippen LogP contribution in [-0.4, -0.2) is 19.7 Å². The molecule has 17 heavy (non-hydrogen) atoms. The van der Waals surface area contributed by atoms with Crippen LogP contribution in [0.4, 0.5) is 4.39 Å². The van der Waals surface area contributed by atoms with Crippen LogP contribution in [0.25, 0.3) is 0 Å². The number of esters is 1. The molecular weight excluding hydrogens is 223 g/mol. The maximum Gasteiger partial charge on any atom is 0.309 e. The van der Waals surface area contributed by atoms with E-state index in [2.05, 4.69) is 0 Å². The van der Waals surface area contributed by atoms with Crippen molar-refractivity contribution in [2.75, 3.05) is 13.7 Å². The van der Waals surface area contributed by atoms with Crippen molar-refractivity contribution in [1.82, 2.24) is 0 Å². The third kappa shape index (κ3) is 2.40. The molecule has 0 spiro atoms. The molecule has 0 unspecified atom stereocenters. The molecule has 0 heterocycles. The minimum Gasteiger partial charge on any atom is -0.494 e. The highest BCUT2D eigenvalue weighted by molar-refractivity contribution is 5.77. The number of benzene rings is 1. The Morgan fingerprint density at radius 3 is 2.88 bits per heavy atom. The monoisotopic (exact) mass is 238 g/mol. The summed E-state index contributed by atoms with van der Waals surface area (Å²) in [6.45, 7) is 2.17. The average molecular weight is 238 g/mol. The zero-order chi connectivity index (χ0) is 12.4. The van der Waals surface area contributed by atoms with Gasteiger partial charge in [0, 0.05) is 0 Å². The summed E-state index contributed by atoms with van der Waals surface area (Å²) in [5, 5.41) is 0. The highest BCUT2D eigenvalue weighted by Crippen LogP contribution is 2.48. The second kappa shape index (κ2) is 4.73. The van der Waals surface area contributed by atoms with Gasteiger partial charge in [-0.1, -0.05) is 6.07 Å². The second-order valence-corrected chi connectivity index (χ2v) is 4.09. The fourth-order valence-corrected chi connectivity index (χ4v) is 1.99. The Bertz CT molecular complexity index is 431. The fraction of sp³-hybridized carbons (Fsp3) is 0.462. The first-order valence-corrected chi connectivity index (χ1v) is 5.67. The molecule has 0 amide bonds. The van der Waals surface area contributed by atoms with E-state index in [1.807, 2.05) is 0 Å². The molecule has 92 valence electrons. The van der Waals surface area contributed by atoms with Gasteiger partial charge in [-0.25, -0.2) is 4.39 Å². The molecule has 2 atom stereocenters. The summed E-state index contributed by atoms with van der Waals surface area (Å²) in [4.78, 5) is 11.5. The van der Waals surface area contributed by atoms with Gasteiger partial charge in [-0.05, 0) is 37.0 Å². The zero-order valence-corrected chi connectivity index (χ0v) is 9.90. The predicted molar refractivity (Wildman–Crippen MR) is 60.4 cm³/mol. The van der Waals surface area contributed by atoms with Crippen LogP contribution in [-0.2, 0) is 9.53 Å². The minimum absolute atomic E-state index is 0.0921. The van der Waals surface area contributed by atoms with E-state index in [4.69, 9.17) is 9.47 Å². The van der Waals surface area contributed by atoms with Crippen molar-refractivity contribution in [3.8, 4) is 5.75 Å². The SMILES string of the molecule is CCOC(=O)[C@H]1C[C@H]1c1ccc(OC)c(F)c1. The van der Waals surface area contributed by atoms with Crippen LogP contribution in [0, 0.1) is 11.7 Å². The Hall–Kier alpha value is -1.58. The largest absolute Gasteiger partial charge is 0.494 e. The van der Waals surface area contributed by atoms with E-state index < -0.39 is 0 Å². The maximum absolute atomic E-state index is 13.5. The Morgan fingerprint density at radius 1 is 1.53 bits per heavy atom. The molecule has 1 fully saturated rings. The number of carbonyl (C=O) groups excluding carboxylic acids is 1. The van der Waals surface area contributed by atoms with Gasteiger partial charge in [-0.3, -0.25) is 4.79 Å². The van der Waals surface area contributed by atoms with Crippen LogP contribution in [0.1, 0.15) is 24.8 Å². The molecule has 1 aliphatic rings. The van der Waals surface area contributed by atoms with Gasteiger partial charge >= 0.3 is 5.97 Å². The van der Waals surface area contributed by atoms with Crippen LogP contribution in [0.2, 0.25) is 0 Å². The van der Waals surface area contributed by atoms with E-state index in [0.717, 1.165) is 12.0 Å². The number of halogens is 1. The van der Waals surface area contributed by atoms with E-state index in [-0.39, 0.29) is 29.4 Å². The van der Waals surface area contributed by atoms with Crippen molar-refractivity contribution >= 4 is 5.97 Å². The molecule has 2 rings (SSSR count). The van der Waals surface area contributed by atoms with Crippen molar-refractivity contribution in [2.45, 2.75) is 19.3 Å². The summed E-state index contributed by atoms with van der Waals surface area (Å²) >= 11 is 0. The molecule has 0 bridgehead atoms. The van der Waals surface area contributed by atoms with Gasteiger partial charge in [-0.15, -0.1) is 0 Å². The molecule has 1 saturated carbocycles. The third-order valence-corrected chi connectivity index (χ3v) is 2.98. The molecule has 4 heteroatoms. The van der Waals surface area contributed by atoms with Gasteiger partial charge < -0.3 is 9.47 Å². The van der Waals surface area contributed by atoms with Crippen molar-refractivity contribution in [3.63, 3.8) is 0 Å². The normalized spacial score (nSPS) is 22.1. The Labute approximate surface area is 99.5 Å². The summed E-state index contributed by atoms with van der Waals surface area (Å²) in [7, 11) is 1.43. The summed E-state index contributed by atoms with van der Waals surface area (Å²) in [5.74, 6) is -0.368. The lowest BCUT2D eigenvalue weighted by Crippen LogP contribution is -2.07. The number of hydrogen-bond donors (Lipinski definition) is 0. The first-order chi connectivity index (χ1) is 8.17. The van der Waals surface area contributed by atoms with Gasteiger partial charge in [0.05, 0.1) is 19.6 Å². The minimum atomic E-state index is -0.389. The van der Waals surface area contributed by atoms with Crippen molar-refractivity contribution in [3.05, 3.63) is 29.6 Å². The van der Waals surface area contributed by atoms with Crippen LogP contribution in [0.15, 0.2) is 18.2 Å². The fourth-order valence-electron chi connectivity index (χ4n) is 1.99. The first-order valence-electron chi connectivity index (χ1n) is 5.67. The Balaban J connectivity index is 2.06. The third-order valence-electron chi connectivity index (χ3n) is 2.98. The highest BCUT2D eigenvalue weighted by atomic mass is 19.1. The summed E-state index contributed by atoms with van der Waals surface area (Å²) in [6, 6.07) is 4.82. The predicted octanol–water partition coefficient (Wildman–Crippen LogP) is 2.50. The second-order valence-electron chi connectivity index (χ2n) is 4.09. The quantitative estimate of drug-likeness (QED) is 0.756. The number of carbonyl (C=O) groups is 1. The van der Waals surface area contributed by atoms with Crippen LogP contribution >= 0.6 is 0 Å². The molecule has 0 aromatic heterocycles. The number of rotatable bonds is 4. The van der Waals surface area contributed by atoms with Crippen molar-refractivity contribution < 1.29 is 18.7 Å². The van der Waals surface area contributed by atoms with Gasteiger partial charge in [-0.2, -0.15) is 0 Å². The number of hydrogen-bond acceptors (Lipinski definition) is 3. The first kappa shape index (κ1) is 11.9. The molecule has 0 N–H and O–H groups in total. The van der Waals surface area contributed by atoms with E-state index in [1.165, 1.54) is 13.2 Å². The average Bonchev–Trinajstić information content (AvgIpc) is 3.09. The standard InChI is InChI=1S/C13H15FO3/c1-3-17-13(15)10-7-9(10)8-4-5-12(16-2)11(14)6-8/h4-6,9-10H,3,7H2,1-2H3/t9-,10-/m0/s1. The molecule has 1 aromatic carbocycles. The van der Waals surface area contributed by atoms with E-state index >= 15 is 0 Å². The smallest absolute Gasteiger partial charge is 0.309 e. The van der Waals surface area contributed by atoms with Crippen molar-refractivity contribution in [1.29, 1.82) is 0 Å². The van der Waals surface area contributed by atoms with Gasteiger partial charge in [0.2, 0.25) is 0 Å². The summed E-state index contributed by atoms with van der Waals surface area (Å²) in [5.41, 5.74) is 0.835. The number of methoxy groups -OCH3 is 1. The van der Waals surface area contributed by atoms with Gasteiger partial charge in [0.1, 0.15) is 0 Å². The Morgan fingerprint density at radius 2 is 2.29 bits per heavy atom. The molecule has 3 nitrogen and oxygen atoms in total. The maximum atomic E-state index is 13.5. The molecule has 0 radical (unpaired) electrons. The highest BCUT2D eigenvalue weighted by Gasteiger charge is 2.45. The zero-order valence-electron chi connectivity index (χ0n) is 9.90. The van der Waals surface area contributed by atoms with Crippen LogP contribution in [0.3, 0.4) is 0 Å². The lowest BCUT2D eigenvalue weighted by molar-refractivity contribution is -0.144. The van der Waals surface area contributed by atoms with Crippen LogP contribution < -0.4 is 4.74 Å². The topological polar surface area (TPSA) is 35.5 Å². The van der Waals surface area contributed by atoms with Crippen LogP contribution in [0.5, 0.6) is 5.75 Å². The summed E-state index contributed by atoms with van der Waals surface area (Å²) in [6.07, 6.45) is 0.741. The molecule has 0 aliphatic heterocycles. The van der Waals surface area contributed by atoms with E-state index in [0.29, 0.717) is 6.61 Å². The lowest BCUT2D eigenvalue weighted by Gasteiger charge is -2.05.